The zero-order chi connectivity index (χ0) is 20.1. The molecule has 4 rings (SSSR count). The number of para-hydroxylation sites is 2. The van der Waals surface area contributed by atoms with E-state index in [1.165, 1.54) is 0 Å². The van der Waals surface area contributed by atoms with Crippen LogP contribution < -0.4 is 9.47 Å². The molecule has 4 nitrogen and oxygen atoms in total. The van der Waals surface area contributed by atoms with Crippen LogP contribution in [0.5, 0.6) is 11.5 Å². The number of hydrogen-bond donors (Lipinski definition) is 0. The average Bonchev–Trinajstić information content (AvgIpc) is 3.13. The number of benzene rings is 3. The van der Waals surface area contributed by atoms with Gasteiger partial charge < -0.3 is 14.0 Å². The third-order valence-electron chi connectivity index (χ3n) is 4.84. The van der Waals surface area contributed by atoms with Crippen molar-refractivity contribution in [2.24, 2.45) is 0 Å². The molecule has 1 aromatic heterocycles. The maximum atomic E-state index is 6.21. The van der Waals surface area contributed by atoms with Crippen LogP contribution in [0.2, 0.25) is 5.02 Å². The van der Waals surface area contributed by atoms with Crippen LogP contribution in [0, 0.1) is 0 Å². The molecule has 29 heavy (non-hydrogen) atoms. The topological polar surface area (TPSA) is 36.3 Å². The number of unbranched alkanes of at least 4 members (excludes halogenated alkanes) is 1. The smallest absolute Gasteiger partial charge is 0.141 e. The number of rotatable bonds is 8. The summed E-state index contributed by atoms with van der Waals surface area (Å²) in [5.41, 5.74) is 3.17. The van der Waals surface area contributed by atoms with Crippen LogP contribution in [-0.4, -0.2) is 23.3 Å². The van der Waals surface area contributed by atoms with E-state index in [0.717, 1.165) is 53.3 Å². The highest BCUT2D eigenvalue weighted by molar-refractivity contribution is 6.30. The minimum atomic E-state index is 0.672. The highest BCUT2D eigenvalue weighted by Gasteiger charge is 2.12. The van der Waals surface area contributed by atoms with Gasteiger partial charge in [-0.3, -0.25) is 0 Å². The Labute approximate surface area is 175 Å². The summed E-state index contributed by atoms with van der Waals surface area (Å²) in [4.78, 5) is 4.85. The van der Waals surface area contributed by atoms with E-state index in [9.17, 15) is 0 Å². The van der Waals surface area contributed by atoms with Gasteiger partial charge in [-0.1, -0.05) is 35.9 Å². The van der Waals surface area contributed by atoms with Crippen molar-refractivity contribution in [3.8, 4) is 22.9 Å². The van der Waals surface area contributed by atoms with Gasteiger partial charge in [0.15, 0.2) is 0 Å². The molecule has 0 bridgehead atoms. The van der Waals surface area contributed by atoms with Crippen LogP contribution >= 0.6 is 11.6 Å². The Bertz CT molecular complexity index is 1090. The fourth-order valence-electron chi connectivity index (χ4n) is 3.38. The first-order valence-corrected chi connectivity index (χ1v) is 10.1. The monoisotopic (exact) mass is 406 g/mol. The van der Waals surface area contributed by atoms with E-state index in [1.54, 1.807) is 7.11 Å². The van der Waals surface area contributed by atoms with Crippen molar-refractivity contribution in [3.63, 3.8) is 0 Å². The number of nitrogens with zero attached hydrogens (tertiary/aromatic N) is 2. The summed E-state index contributed by atoms with van der Waals surface area (Å²) in [6.45, 7) is 1.54. The normalized spacial score (nSPS) is 11.0. The second kappa shape index (κ2) is 9.01. The van der Waals surface area contributed by atoms with Gasteiger partial charge in [0, 0.05) is 17.1 Å². The van der Waals surface area contributed by atoms with Crippen LogP contribution in [0.4, 0.5) is 0 Å². The largest absolute Gasteiger partial charge is 0.497 e. The Hall–Kier alpha value is -2.98. The van der Waals surface area contributed by atoms with E-state index in [1.807, 2.05) is 54.6 Å². The molecule has 0 radical (unpaired) electrons. The molecule has 0 aliphatic rings. The van der Waals surface area contributed by atoms with Crippen molar-refractivity contribution in [2.75, 3.05) is 13.7 Å². The lowest BCUT2D eigenvalue weighted by Crippen LogP contribution is -2.04. The summed E-state index contributed by atoms with van der Waals surface area (Å²) in [6, 6.07) is 23.8. The molecule has 0 amide bonds. The standard InChI is InChI=1S/C24H23ClN2O2/c1-28-20-11-13-21(14-12-20)29-16-5-4-15-27-23-10-3-2-9-22(23)26-24(27)18-7-6-8-19(25)17-18/h2-3,6-14,17H,4-5,15-16H2,1H3. The summed E-state index contributed by atoms with van der Waals surface area (Å²) < 4.78 is 13.3. The van der Waals surface area contributed by atoms with Crippen molar-refractivity contribution in [1.29, 1.82) is 0 Å². The molecule has 0 saturated heterocycles. The van der Waals surface area contributed by atoms with Crippen LogP contribution in [0.15, 0.2) is 72.8 Å². The van der Waals surface area contributed by atoms with E-state index in [-0.39, 0.29) is 0 Å². The summed E-state index contributed by atoms with van der Waals surface area (Å²) in [5.74, 6) is 2.64. The van der Waals surface area contributed by atoms with Gasteiger partial charge in [0.05, 0.1) is 24.8 Å². The molecule has 0 N–H and O–H groups in total. The van der Waals surface area contributed by atoms with Crippen molar-refractivity contribution < 1.29 is 9.47 Å². The predicted octanol–water partition coefficient (Wildman–Crippen LogP) is 6.22. The first kappa shape index (κ1) is 19.3. The van der Waals surface area contributed by atoms with Crippen LogP contribution in [0.3, 0.4) is 0 Å². The van der Waals surface area contributed by atoms with Crippen molar-refractivity contribution in [2.45, 2.75) is 19.4 Å². The number of methoxy groups -OCH3 is 1. The Morgan fingerprint density at radius 3 is 2.48 bits per heavy atom. The number of ether oxygens (including phenoxy) is 2. The van der Waals surface area contributed by atoms with Crippen molar-refractivity contribution >= 4 is 22.6 Å². The molecule has 3 aromatic carbocycles. The lowest BCUT2D eigenvalue weighted by atomic mass is 10.2. The maximum Gasteiger partial charge on any atom is 0.141 e. The maximum absolute atomic E-state index is 6.21. The van der Waals surface area contributed by atoms with Gasteiger partial charge in [-0.05, 0) is 61.4 Å². The SMILES string of the molecule is COc1ccc(OCCCCn2c(-c3cccc(Cl)c3)nc3ccccc32)cc1. The Morgan fingerprint density at radius 1 is 0.897 bits per heavy atom. The molecule has 0 spiro atoms. The number of fused-ring (bicyclic) bond motifs is 1. The first-order valence-electron chi connectivity index (χ1n) is 9.72. The third kappa shape index (κ3) is 4.54. The molecule has 0 aliphatic heterocycles. The zero-order valence-electron chi connectivity index (χ0n) is 16.3. The number of hydrogen-bond acceptors (Lipinski definition) is 3. The van der Waals surface area contributed by atoms with Crippen molar-refractivity contribution in [1.82, 2.24) is 9.55 Å². The molecule has 0 fully saturated rings. The van der Waals surface area contributed by atoms with E-state index >= 15 is 0 Å². The second-order valence-corrected chi connectivity index (χ2v) is 7.25. The molecular formula is C24H23ClN2O2. The van der Waals surface area contributed by atoms with Gasteiger partial charge in [-0.2, -0.15) is 0 Å². The fourth-order valence-corrected chi connectivity index (χ4v) is 3.57. The summed E-state index contributed by atoms with van der Waals surface area (Å²) in [6.07, 6.45) is 1.94. The lowest BCUT2D eigenvalue weighted by Gasteiger charge is -2.11. The Balaban J connectivity index is 1.43. The minimum Gasteiger partial charge on any atom is -0.497 e. The summed E-state index contributed by atoms with van der Waals surface area (Å²) >= 11 is 6.21. The molecule has 0 unspecified atom stereocenters. The van der Waals surface area contributed by atoms with Gasteiger partial charge in [0.25, 0.3) is 0 Å². The number of halogens is 1. The van der Waals surface area contributed by atoms with Crippen LogP contribution in [-0.2, 0) is 6.54 Å². The van der Waals surface area contributed by atoms with E-state index in [0.29, 0.717) is 11.6 Å². The van der Waals surface area contributed by atoms with E-state index in [4.69, 9.17) is 26.1 Å². The zero-order valence-corrected chi connectivity index (χ0v) is 17.1. The number of aromatic nitrogens is 2. The van der Waals surface area contributed by atoms with Crippen molar-refractivity contribution in [3.05, 3.63) is 77.8 Å². The van der Waals surface area contributed by atoms with Gasteiger partial charge in [0.2, 0.25) is 0 Å². The van der Waals surface area contributed by atoms with Crippen LogP contribution in [0.1, 0.15) is 12.8 Å². The first-order chi connectivity index (χ1) is 14.2. The molecule has 1 heterocycles. The fraction of sp³-hybridized carbons (Fsp3) is 0.208. The van der Waals surface area contributed by atoms with Gasteiger partial charge >= 0.3 is 0 Å². The highest BCUT2D eigenvalue weighted by atomic mass is 35.5. The molecule has 0 saturated carbocycles. The second-order valence-electron chi connectivity index (χ2n) is 6.82. The van der Waals surface area contributed by atoms with E-state index < -0.39 is 0 Å². The molecule has 5 heteroatoms. The predicted molar refractivity (Wildman–Crippen MR) is 118 cm³/mol. The molecule has 148 valence electrons. The summed E-state index contributed by atoms with van der Waals surface area (Å²) in [7, 11) is 1.66. The van der Waals surface area contributed by atoms with Gasteiger partial charge in [0.1, 0.15) is 17.3 Å². The molecular weight excluding hydrogens is 384 g/mol. The number of imidazole rings is 1. The average molecular weight is 407 g/mol. The summed E-state index contributed by atoms with van der Waals surface area (Å²) in [5, 5.41) is 0.717. The molecule has 4 aromatic rings. The Morgan fingerprint density at radius 2 is 1.69 bits per heavy atom. The number of aryl methyl sites for hydroxylation is 1. The quantitative estimate of drug-likeness (QED) is 0.326. The Kier molecular flexibility index (Phi) is 6.01. The van der Waals surface area contributed by atoms with Crippen LogP contribution in [0.25, 0.3) is 22.4 Å². The molecule has 0 aliphatic carbocycles. The highest BCUT2D eigenvalue weighted by Crippen LogP contribution is 2.27. The van der Waals surface area contributed by atoms with Gasteiger partial charge in [-0.15, -0.1) is 0 Å². The molecule has 0 atom stereocenters. The third-order valence-corrected chi connectivity index (χ3v) is 5.08. The van der Waals surface area contributed by atoms with Gasteiger partial charge in [-0.25, -0.2) is 4.98 Å². The minimum absolute atomic E-state index is 0.672. The lowest BCUT2D eigenvalue weighted by molar-refractivity contribution is 0.303. The van der Waals surface area contributed by atoms with E-state index in [2.05, 4.69) is 22.8 Å².